The molecule has 1 rings (SSSR count). The SMILES string of the molecule is COCCOCCCN1CCNCC1. The second kappa shape index (κ2) is 8.17. The molecule has 1 N–H and O–H groups in total. The average Bonchev–Trinajstić information content (AvgIpc) is 2.25. The molecule has 1 aliphatic rings. The Hall–Kier alpha value is -0.160. The molecule has 1 heterocycles. The first-order valence-electron chi connectivity index (χ1n) is 5.43. The first kappa shape index (κ1) is 11.9. The third-order valence-corrected chi connectivity index (χ3v) is 2.40. The van der Waals surface area contributed by atoms with Gasteiger partial charge in [0, 0.05) is 46.4 Å². The van der Waals surface area contributed by atoms with Crippen LogP contribution in [0.5, 0.6) is 0 Å². The summed E-state index contributed by atoms with van der Waals surface area (Å²) in [5.41, 5.74) is 0. The van der Waals surface area contributed by atoms with E-state index >= 15 is 0 Å². The maximum absolute atomic E-state index is 5.40. The summed E-state index contributed by atoms with van der Waals surface area (Å²) in [6.07, 6.45) is 1.13. The van der Waals surface area contributed by atoms with E-state index in [0.717, 1.165) is 39.3 Å². The highest BCUT2D eigenvalue weighted by Crippen LogP contribution is 1.94. The van der Waals surface area contributed by atoms with Gasteiger partial charge < -0.3 is 19.7 Å². The van der Waals surface area contributed by atoms with Crippen LogP contribution in [-0.2, 0) is 9.47 Å². The van der Waals surface area contributed by atoms with Crippen molar-refractivity contribution in [2.45, 2.75) is 6.42 Å². The van der Waals surface area contributed by atoms with Crippen molar-refractivity contribution < 1.29 is 9.47 Å². The number of nitrogens with zero attached hydrogens (tertiary/aromatic N) is 1. The Morgan fingerprint density at radius 1 is 1.14 bits per heavy atom. The molecular weight excluding hydrogens is 180 g/mol. The van der Waals surface area contributed by atoms with E-state index in [1.807, 2.05) is 0 Å². The van der Waals surface area contributed by atoms with Gasteiger partial charge >= 0.3 is 0 Å². The molecule has 1 fully saturated rings. The fourth-order valence-electron chi connectivity index (χ4n) is 1.57. The van der Waals surface area contributed by atoms with Gasteiger partial charge in [-0.15, -0.1) is 0 Å². The van der Waals surface area contributed by atoms with Gasteiger partial charge in [-0.25, -0.2) is 0 Å². The molecule has 0 aromatic carbocycles. The number of nitrogens with one attached hydrogen (secondary N) is 1. The normalized spacial score (nSPS) is 18.6. The summed E-state index contributed by atoms with van der Waals surface area (Å²) in [5.74, 6) is 0. The largest absolute Gasteiger partial charge is 0.382 e. The van der Waals surface area contributed by atoms with Crippen LogP contribution in [0.3, 0.4) is 0 Å². The quantitative estimate of drug-likeness (QED) is 0.587. The summed E-state index contributed by atoms with van der Waals surface area (Å²) in [6.45, 7) is 8.05. The predicted octanol–water partition coefficient (Wildman–Crippen LogP) is -0.0553. The van der Waals surface area contributed by atoms with Crippen LogP contribution >= 0.6 is 0 Å². The minimum atomic E-state index is 0.702. The molecule has 4 nitrogen and oxygen atoms in total. The molecule has 0 saturated carbocycles. The molecule has 1 saturated heterocycles. The lowest BCUT2D eigenvalue weighted by Crippen LogP contribution is -2.43. The summed E-state index contributed by atoms with van der Waals surface area (Å²) in [6, 6.07) is 0. The van der Waals surface area contributed by atoms with Crippen LogP contribution in [0.25, 0.3) is 0 Å². The molecule has 0 radical (unpaired) electrons. The van der Waals surface area contributed by atoms with Crippen LogP contribution in [-0.4, -0.2) is 64.6 Å². The Kier molecular flexibility index (Phi) is 6.95. The topological polar surface area (TPSA) is 33.7 Å². The van der Waals surface area contributed by atoms with E-state index in [2.05, 4.69) is 10.2 Å². The first-order valence-corrected chi connectivity index (χ1v) is 5.43. The standard InChI is InChI=1S/C10H22N2O2/c1-13-9-10-14-8-2-5-12-6-3-11-4-7-12/h11H,2-10H2,1H3. The van der Waals surface area contributed by atoms with E-state index in [4.69, 9.17) is 9.47 Å². The smallest absolute Gasteiger partial charge is 0.0700 e. The third-order valence-electron chi connectivity index (χ3n) is 2.40. The fraction of sp³-hybridized carbons (Fsp3) is 1.00. The van der Waals surface area contributed by atoms with Gasteiger partial charge in [-0.05, 0) is 6.42 Å². The highest BCUT2D eigenvalue weighted by Gasteiger charge is 2.07. The number of methoxy groups -OCH3 is 1. The van der Waals surface area contributed by atoms with Crippen LogP contribution in [0.4, 0.5) is 0 Å². The summed E-state index contributed by atoms with van der Waals surface area (Å²) < 4.78 is 10.3. The Labute approximate surface area is 86.6 Å². The van der Waals surface area contributed by atoms with Crippen molar-refractivity contribution in [3.63, 3.8) is 0 Å². The van der Waals surface area contributed by atoms with Gasteiger partial charge in [0.25, 0.3) is 0 Å². The van der Waals surface area contributed by atoms with Gasteiger partial charge in [-0.3, -0.25) is 0 Å². The Morgan fingerprint density at radius 3 is 2.64 bits per heavy atom. The van der Waals surface area contributed by atoms with Crippen LogP contribution in [0.2, 0.25) is 0 Å². The average molecular weight is 202 g/mol. The summed E-state index contributed by atoms with van der Waals surface area (Å²) in [5, 5.41) is 3.34. The Bertz CT molecular complexity index is 127. The zero-order valence-corrected chi connectivity index (χ0v) is 9.13. The minimum absolute atomic E-state index is 0.702. The van der Waals surface area contributed by atoms with E-state index in [1.54, 1.807) is 7.11 Å². The van der Waals surface area contributed by atoms with Gasteiger partial charge in [-0.1, -0.05) is 0 Å². The highest BCUT2D eigenvalue weighted by atomic mass is 16.5. The first-order chi connectivity index (χ1) is 6.93. The zero-order valence-electron chi connectivity index (χ0n) is 9.13. The lowest BCUT2D eigenvalue weighted by atomic mass is 10.3. The molecule has 0 aliphatic carbocycles. The van der Waals surface area contributed by atoms with Crippen molar-refractivity contribution in [2.24, 2.45) is 0 Å². The van der Waals surface area contributed by atoms with E-state index in [1.165, 1.54) is 13.1 Å². The van der Waals surface area contributed by atoms with Gasteiger partial charge in [0.2, 0.25) is 0 Å². The molecule has 84 valence electrons. The molecule has 1 aliphatic heterocycles. The molecule has 0 atom stereocenters. The van der Waals surface area contributed by atoms with Gasteiger partial charge in [0.05, 0.1) is 13.2 Å². The summed E-state index contributed by atoms with van der Waals surface area (Å²) >= 11 is 0. The van der Waals surface area contributed by atoms with E-state index in [0.29, 0.717) is 6.61 Å². The van der Waals surface area contributed by atoms with Crippen LogP contribution in [0.15, 0.2) is 0 Å². The van der Waals surface area contributed by atoms with Gasteiger partial charge in [0.15, 0.2) is 0 Å². The van der Waals surface area contributed by atoms with Crippen molar-refractivity contribution in [3.8, 4) is 0 Å². The molecule has 0 bridgehead atoms. The molecule has 0 aromatic rings. The second-order valence-electron chi connectivity index (χ2n) is 3.55. The van der Waals surface area contributed by atoms with Crippen molar-refractivity contribution >= 4 is 0 Å². The van der Waals surface area contributed by atoms with Crippen molar-refractivity contribution in [2.75, 3.05) is 59.7 Å². The van der Waals surface area contributed by atoms with Crippen LogP contribution in [0.1, 0.15) is 6.42 Å². The lowest BCUT2D eigenvalue weighted by molar-refractivity contribution is 0.0646. The Balaban J connectivity index is 1.82. The summed E-state index contributed by atoms with van der Waals surface area (Å²) in [4.78, 5) is 2.48. The number of hydrogen-bond donors (Lipinski definition) is 1. The van der Waals surface area contributed by atoms with E-state index < -0.39 is 0 Å². The van der Waals surface area contributed by atoms with E-state index in [-0.39, 0.29) is 0 Å². The second-order valence-corrected chi connectivity index (χ2v) is 3.55. The maximum Gasteiger partial charge on any atom is 0.0700 e. The monoisotopic (exact) mass is 202 g/mol. The molecule has 0 amide bonds. The predicted molar refractivity (Wildman–Crippen MR) is 56.6 cm³/mol. The lowest BCUT2D eigenvalue weighted by Gasteiger charge is -2.26. The molecule has 0 aromatic heterocycles. The van der Waals surface area contributed by atoms with Crippen molar-refractivity contribution in [3.05, 3.63) is 0 Å². The number of rotatable bonds is 7. The van der Waals surface area contributed by atoms with Crippen LogP contribution < -0.4 is 5.32 Å². The number of ether oxygens (including phenoxy) is 2. The molecule has 0 spiro atoms. The zero-order chi connectivity index (χ0) is 10.1. The molecule has 14 heavy (non-hydrogen) atoms. The molecule has 0 unspecified atom stereocenters. The van der Waals surface area contributed by atoms with Crippen LogP contribution in [0, 0.1) is 0 Å². The minimum Gasteiger partial charge on any atom is -0.382 e. The van der Waals surface area contributed by atoms with Crippen molar-refractivity contribution in [1.29, 1.82) is 0 Å². The van der Waals surface area contributed by atoms with E-state index in [9.17, 15) is 0 Å². The number of piperazine rings is 1. The summed E-state index contributed by atoms with van der Waals surface area (Å²) in [7, 11) is 1.70. The fourth-order valence-corrected chi connectivity index (χ4v) is 1.57. The molecular formula is C10H22N2O2. The van der Waals surface area contributed by atoms with Crippen molar-refractivity contribution in [1.82, 2.24) is 10.2 Å². The Morgan fingerprint density at radius 2 is 1.93 bits per heavy atom. The van der Waals surface area contributed by atoms with Gasteiger partial charge in [-0.2, -0.15) is 0 Å². The molecule has 4 heteroatoms. The maximum atomic E-state index is 5.40. The highest BCUT2D eigenvalue weighted by molar-refractivity contribution is 4.66. The third kappa shape index (κ3) is 5.54. The van der Waals surface area contributed by atoms with Gasteiger partial charge in [0.1, 0.15) is 0 Å². The number of hydrogen-bond acceptors (Lipinski definition) is 4.